The monoisotopic (exact) mass is 452 g/mol. The standard InChI is InChI=1S/C17H26F2N4.HI/c1-12-6-5-9-23(11-12)17(20)21-10-15(22(2)3)16-13(18)7-4-8-14(16)19;/h4,7-8,12,15H,5-6,9-11H2,1-3H3,(H2,20,21);1H. The van der Waals surface area contributed by atoms with Gasteiger partial charge in [-0.25, -0.2) is 8.78 Å². The predicted octanol–water partition coefficient (Wildman–Crippen LogP) is 3.23. The van der Waals surface area contributed by atoms with Crippen LogP contribution in [0.25, 0.3) is 0 Å². The minimum Gasteiger partial charge on any atom is -0.370 e. The molecular formula is C17H27F2IN4. The topological polar surface area (TPSA) is 44.9 Å². The van der Waals surface area contributed by atoms with Gasteiger partial charge in [0.15, 0.2) is 5.96 Å². The lowest BCUT2D eigenvalue weighted by molar-refractivity contribution is 0.265. The molecule has 136 valence electrons. The molecule has 0 aromatic heterocycles. The fourth-order valence-corrected chi connectivity index (χ4v) is 3.02. The molecule has 1 aliphatic rings. The van der Waals surface area contributed by atoms with Crippen LogP contribution < -0.4 is 5.73 Å². The summed E-state index contributed by atoms with van der Waals surface area (Å²) in [6, 6.07) is 3.42. The van der Waals surface area contributed by atoms with Crippen molar-refractivity contribution in [2.75, 3.05) is 33.7 Å². The van der Waals surface area contributed by atoms with E-state index in [0.29, 0.717) is 11.9 Å². The Balaban J connectivity index is 0.00000288. The van der Waals surface area contributed by atoms with E-state index in [9.17, 15) is 8.78 Å². The van der Waals surface area contributed by atoms with E-state index in [-0.39, 0.29) is 36.1 Å². The summed E-state index contributed by atoms with van der Waals surface area (Å²) in [5.74, 6) is -0.0561. The number of likely N-dealkylation sites (N-methyl/N-ethyl adjacent to an activating group) is 1. The minimum absolute atomic E-state index is 0. The molecule has 1 saturated heterocycles. The zero-order chi connectivity index (χ0) is 17.0. The number of piperidine rings is 1. The summed E-state index contributed by atoms with van der Waals surface area (Å²) >= 11 is 0. The first-order valence-electron chi connectivity index (χ1n) is 8.05. The van der Waals surface area contributed by atoms with Crippen LogP contribution in [0.1, 0.15) is 31.4 Å². The molecule has 2 N–H and O–H groups in total. The van der Waals surface area contributed by atoms with Gasteiger partial charge in [-0.05, 0) is 45.0 Å². The molecule has 1 fully saturated rings. The maximum atomic E-state index is 14.0. The number of hydrogen-bond acceptors (Lipinski definition) is 2. The Kier molecular flexibility index (Phi) is 8.35. The number of benzene rings is 1. The van der Waals surface area contributed by atoms with E-state index in [1.165, 1.54) is 24.6 Å². The van der Waals surface area contributed by atoms with Crippen LogP contribution in [0.15, 0.2) is 23.2 Å². The van der Waals surface area contributed by atoms with E-state index < -0.39 is 17.7 Å². The van der Waals surface area contributed by atoms with Crippen LogP contribution in [-0.2, 0) is 0 Å². The summed E-state index contributed by atoms with van der Waals surface area (Å²) in [5, 5.41) is 0. The number of nitrogens with zero attached hydrogens (tertiary/aromatic N) is 3. The van der Waals surface area contributed by atoms with Gasteiger partial charge >= 0.3 is 0 Å². The van der Waals surface area contributed by atoms with Crippen LogP contribution >= 0.6 is 24.0 Å². The Morgan fingerprint density at radius 2 is 2.00 bits per heavy atom. The first-order valence-corrected chi connectivity index (χ1v) is 8.05. The fourth-order valence-electron chi connectivity index (χ4n) is 3.02. The molecule has 24 heavy (non-hydrogen) atoms. The average molecular weight is 452 g/mol. The minimum atomic E-state index is -0.552. The molecule has 1 aromatic carbocycles. The zero-order valence-electron chi connectivity index (χ0n) is 14.5. The molecule has 2 rings (SSSR count). The van der Waals surface area contributed by atoms with Gasteiger partial charge < -0.3 is 15.5 Å². The molecule has 0 amide bonds. The molecule has 1 aromatic rings. The average Bonchev–Trinajstić information content (AvgIpc) is 2.49. The van der Waals surface area contributed by atoms with Gasteiger partial charge in [0.2, 0.25) is 0 Å². The fraction of sp³-hybridized carbons (Fsp3) is 0.588. The van der Waals surface area contributed by atoms with E-state index in [1.54, 1.807) is 19.0 Å². The van der Waals surface area contributed by atoms with Gasteiger partial charge in [0, 0.05) is 18.7 Å². The molecular weight excluding hydrogens is 425 g/mol. The van der Waals surface area contributed by atoms with Crippen LogP contribution in [-0.4, -0.2) is 49.5 Å². The van der Waals surface area contributed by atoms with Crippen molar-refractivity contribution < 1.29 is 8.78 Å². The third kappa shape index (κ3) is 5.27. The molecule has 2 atom stereocenters. The van der Waals surface area contributed by atoms with Gasteiger partial charge in [-0.15, -0.1) is 24.0 Å². The lowest BCUT2D eigenvalue weighted by Gasteiger charge is -2.32. The highest BCUT2D eigenvalue weighted by Crippen LogP contribution is 2.25. The van der Waals surface area contributed by atoms with E-state index in [1.807, 2.05) is 0 Å². The van der Waals surface area contributed by atoms with Crippen molar-refractivity contribution in [3.63, 3.8) is 0 Å². The maximum Gasteiger partial charge on any atom is 0.191 e. The van der Waals surface area contributed by atoms with Gasteiger partial charge in [0.05, 0.1) is 12.6 Å². The van der Waals surface area contributed by atoms with E-state index in [2.05, 4.69) is 16.8 Å². The van der Waals surface area contributed by atoms with Crippen molar-refractivity contribution in [1.29, 1.82) is 0 Å². The summed E-state index contributed by atoms with van der Waals surface area (Å²) in [6.07, 6.45) is 2.29. The van der Waals surface area contributed by atoms with Crippen molar-refractivity contribution in [2.45, 2.75) is 25.8 Å². The molecule has 0 spiro atoms. The second-order valence-electron chi connectivity index (χ2n) is 6.51. The molecule has 0 aliphatic carbocycles. The second-order valence-corrected chi connectivity index (χ2v) is 6.51. The van der Waals surface area contributed by atoms with Crippen LogP contribution in [0.3, 0.4) is 0 Å². The smallest absolute Gasteiger partial charge is 0.191 e. The molecule has 0 bridgehead atoms. The third-order valence-electron chi connectivity index (χ3n) is 4.36. The summed E-state index contributed by atoms with van der Waals surface area (Å²) in [6.45, 7) is 4.19. The van der Waals surface area contributed by atoms with Crippen molar-refractivity contribution >= 4 is 29.9 Å². The largest absolute Gasteiger partial charge is 0.370 e. The summed E-state index contributed by atoms with van der Waals surface area (Å²) in [4.78, 5) is 8.22. The van der Waals surface area contributed by atoms with Gasteiger partial charge in [-0.1, -0.05) is 13.0 Å². The highest BCUT2D eigenvalue weighted by molar-refractivity contribution is 14.0. The Morgan fingerprint density at radius 3 is 2.54 bits per heavy atom. The van der Waals surface area contributed by atoms with Crippen molar-refractivity contribution in [2.24, 2.45) is 16.6 Å². The quantitative estimate of drug-likeness (QED) is 0.434. The Morgan fingerprint density at radius 1 is 1.38 bits per heavy atom. The van der Waals surface area contributed by atoms with E-state index in [4.69, 9.17) is 5.73 Å². The molecule has 0 saturated carbocycles. The number of rotatable bonds is 4. The first-order chi connectivity index (χ1) is 10.9. The predicted molar refractivity (Wildman–Crippen MR) is 105 cm³/mol. The molecule has 7 heteroatoms. The summed E-state index contributed by atoms with van der Waals surface area (Å²) in [7, 11) is 3.57. The van der Waals surface area contributed by atoms with Gasteiger partial charge in [-0.2, -0.15) is 0 Å². The number of hydrogen-bond donors (Lipinski definition) is 1. The normalized spacial score (nSPS) is 20.0. The third-order valence-corrected chi connectivity index (χ3v) is 4.36. The number of aliphatic imine (C=N–C) groups is 1. The van der Waals surface area contributed by atoms with E-state index in [0.717, 1.165) is 19.5 Å². The summed E-state index contributed by atoms with van der Waals surface area (Å²) < 4.78 is 28.1. The highest BCUT2D eigenvalue weighted by Gasteiger charge is 2.23. The lowest BCUT2D eigenvalue weighted by Crippen LogP contribution is -2.43. The second kappa shape index (κ2) is 9.50. The molecule has 2 unspecified atom stereocenters. The van der Waals surface area contributed by atoms with Gasteiger partial charge in [0.1, 0.15) is 11.6 Å². The van der Waals surface area contributed by atoms with Crippen molar-refractivity contribution in [3.8, 4) is 0 Å². The highest BCUT2D eigenvalue weighted by atomic mass is 127. The Bertz CT molecular complexity index is 545. The van der Waals surface area contributed by atoms with E-state index >= 15 is 0 Å². The Hall–Kier alpha value is -0.960. The number of likely N-dealkylation sites (tertiary alicyclic amines) is 1. The van der Waals surface area contributed by atoms with Crippen LogP contribution in [0.5, 0.6) is 0 Å². The molecule has 1 heterocycles. The maximum absolute atomic E-state index is 14.0. The molecule has 1 aliphatic heterocycles. The Labute approximate surface area is 160 Å². The SMILES string of the molecule is CC1CCCN(C(N)=NCC(c2c(F)cccc2F)N(C)C)C1.I. The van der Waals surface area contributed by atoms with Crippen LogP contribution in [0, 0.1) is 17.6 Å². The van der Waals surface area contributed by atoms with Crippen molar-refractivity contribution in [1.82, 2.24) is 9.80 Å². The number of guanidine groups is 1. The van der Waals surface area contributed by atoms with Crippen molar-refractivity contribution in [3.05, 3.63) is 35.4 Å². The zero-order valence-corrected chi connectivity index (χ0v) is 16.8. The van der Waals surface area contributed by atoms with Gasteiger partial charge in [0.25, 0.3) is 0 Å². The van der Waals surface area contributed by atoms with Gasteiger partial charge in [-0.3, -0.25) is 4.99 Å². The molecule has 4 nitrogen and oxygen atoms in total. The number of nitrogens with two attached hydrogens (primary N) is 1. The lowest BCUT2D eigenvalue weighted by atomic mass is 10.0. The number of halogens is 3. The summed E-state index contributed by atoms with van der Waals surface area (Å²) in [5.41, 5.74) is 6.13. The van der Waals surface area contributed by atoms with Crippen LogP contribution in [0.4, 0.5) is 8.78 Å². The van der Waals surface area contributed by atoms with Crippen LogP contribution in [0.2, 0.25) is 0 Å². The molecule has 0 radical (unpaired) electrons. The first kappa shape index (κ1) is 21.1.